The number of hydrogen-bond acceptors (Lipinski definition) is 3. The van der Waals surface area contributed by atoms with Gasteiger partial charge < -0.3 is 10.4 Å². The van der Waals surface area contributed by atoms with Gasteiger partial charge in [-0.1, -0.05) is 30.3 Å². The predicted octanol–water partition coefficient (Wildman–Crippen LogP) is 2.47. The van der Waals surface area contributed by atoms with Crippen LogP contribution in [0.1, 0.15) is 24.2 Å². The fourth-order valence-electron chi connectivity index (χ4n) is 2.86. The lowest BCUT2D eigenvalue weighted by Crippen LogP contribution is -2.41. The molecule has 0 aliphatic carbocycles. The first kappa shape index (κ1) is 17.0. The average Bonchev–Trinajstić information content (AvgIpc) is 2.80. The summed E-state index contributed by atoms with van der Waals surface area (Å²) in [6.45, 7) is 1.11. The van der Waals surface area contributed by atoms with Gasteiger partial charge in [-0.15, -0.1) is 0 Å². The molecule has 0 saturated carbocycles. The van der Waals surface area contributed by atoms with Gasteiger partial charge in [0.25, 0.3) is 5.91 Å². The van der Waals surface area contributed by atoms with Crippen LogP contribution >= 0.6 is 0 Å². The molecule has 0 radical (unpaired) electrons. The Morgan fingerprint density at radius 3 is 2.40 bits per heavy atom. The highest BCUT2D eigenvalue weighted by atomic mass is 19.1. The van der Waals surface area contributed by atoms with E-state index in [2.05, 4.69) is 5.32 Å². The molecule has 2 aromatic rings. The van der Waals surface area contributed by atoms with Gasteiger partial charge in [0.05, 0.1) is 12.6 Å². The second kappa shape index (κ2) is 6.25. The number of halogens is 2. The molecule has 2 N–H and O–H groups in total. The number of rotatable bonds is 4. The Bertz CT molecular complexity index is 825. The molecule has 2 aromatic carbocycles. The van der Waals surface area contributed by atoms with E-state index in [9.17, 15) is 23.5 Å². The lowest BCUT2D eigenvalue weighted by molar-refractivity contribution is -0.132. The Labute approximate surface area is 142 Å². The molecule has 1 aliphatic rings. The largest absolute Gasteiger partial charge is 0.386 e. The number of aliphatic hydroxyl groups is 1. The molecule has 3 amide bonds. The van der Waals surface area contributed by atoms with Crippen molar-refractivity contribution in [3.05, 3.63) is 71.3 Å². The lowest BCUT2D eigenvalue weighted by Gasteiger charge is -2.23. The number of aliphatic hydroxyl groups excluding tert-OH is 1. The predicted molar refractivity (Wildman–Crippen MR) is 85.4 cm³/mol. The van der Waals surface area contributed by atoms with Crippen molar-refractivity contribution < 1.29 is 23.5 Å². The zero-order valence-electron chi connectivity index (χ0n) is 13.4. The molecular weight excluding hydrogens is 330 g/mol. The number of carbonyl (C=O) groups excluding carboxylic acids is 2. The van der Waals surface area contributed by atoms with E-state index in [0.717, 1.165) is 4.90 Å². The van der Waals surface area contributed by atoms with Crippen LogP contribution in [-0.4, -0.2) is 28.5 Å². The molecule has 2 unspecified atom stereocenters. The van der Waals surface area contributed by atoms with Gasteiger partial charge in [-0.3, -0.25) is 9.69 Å². The van der Waals surface area contributed by atoms with Crippen LogP contribution in [0.3, 0.4) is 0 Å². The van der Waals surface area contributed by atoms with Gasteiger partial charge in [0, 0.05) is 5.56 Å². The van der Waals surface area contributed by atoms with Crippen LogP contribution < -0.4 is 5.32 Å². The topological polar surface area (TPSA) is 69.6 Å². The average molecular weight is 346 g/mol. The molecule has 1 saturated heterocycles. The van der Waals surface area contributed by atoms with Crippen molar-refractivity contribution in [3.8, 4) is 0 Å². The van der Waals surface area contributed by atoms with E-state index in [1.807, 2.05) is 0 Å². The summed E-state index contributed by atoms with van der Waals surface area (Å²) in [6.07, 6.45) is -1.36. The van der Waals surface area contributed by atoms with Gasteiger partial charge >= 0.3 is 6.03 Å². The summed E-state index contributed by atoms with van der Waals surface area (Å²) in [6, 6.07) is 10.1. The molecular formula is C18H16F2N2O3. The zero-order chi connectivity index (χ0) is 18.2. The van der Waals surface area contributed by atoms with Crippen molar-refractivity contribution in [1.82, 2.24) is 10.2 Å². The maximum Gasteiger partial charge on any atom is 0.325 e. The molecule has 25 heavy (non-hydrogen) atoms. The second-order valence-corrected chi connectivity index (χ2v) is 6.02. The van der Waals surface area contributed by atoms with Crippen LogP contribution in [0, 0.1) is 11.6 Å². The van der Waals surface area contributed by atoms with Crippen molar-refractivity contribution in [3.63, 3.8) is 0 Å². The van der Waals surface area contributed by atoms with Gasteiger partial charge in [-0.05, 0) is 30.7 Å². The first-order chi connectivity index (χ1) is 11.8. The Balaban J connectivity index is 1.84. The van der Waals surface area contributed by atoms with Crippen LogP contribution in [0.25, 0.3) is 0 Å². The summed E-state index contributed by atoms with van der Waals surface area (Å²) in [5.41, 5.74) is -0.965. The number of nitrogens with one attached hydrogen (secondary N) is 1. The maximum atomic E-state index is 13.8. The van der Waals surface area contributed by atoms with Gasteiger partial charge in [0.15, 0.2) is 0 Å². The SMILES string of the molecule is CC1(c2ccc(F)cc2)NC(=O)N(CC(O)c2ccccc2F)C1=O. The van der Waals surface area contributed by atoms with Crippen LogP contribution in [-0.2, 0) is 10.3 Å². The molecule has 130 valence electrons. The quantitative estimate of drug-likeness (QED) is 0.836. The Morgan fingerprint density at radius 2 is 1.76 bits per heavy atom. The minimum absolute atomic E-state index is 0.00140. The number of urea groups is 1. The number of imide groups is 1. The number of β-amino-alcohol motifs (C(OH)–C–C–N with tert-alkyl or cyclic N) is 1. The highest BCUT2D eigenvalue weighted by Gasteiger charge is 2.49. The summed E-state index contributed by atoms with van der Waals surface area (Å²) in [7, 11) is 0. The second-order valence-electron chi connectivity index (χ2n) is 6.02. The van der Waals surface area contributed by atoms with E-state index >= 15 is 0 Å². The highest BCUT2D eigenvalue weighted by molar-refractivity contribution is 6.07. The van der Waals surface area contributed by atoms with Gasteiger partial charge in [-0.2, -0.15) is 0 Å². The zero-order valence-corrected chi connectivity index (χ0v) is 13.4. The van der Waals surface area contributed by atoms with Gasteiger partial charge in [-0.25, -0.2) is 13.6 Å². The molecule has 1 aliphatic heterocycles. The molecule has 1 fully saturated rings. The summed E-state index contributed by atoms with van der Waals surface area (Å²) < 4.78 is 26.9. The van der Waals surface area contributed by atoms with Crippen LogP contribution in [0.15, 0.2) is 48.5 Å². The Kier molecular flexibility index (Phi) is 4.26. The smallest absolute Gasteiger partial charge is 0.325 e. The molecule has 5 nitrogen and oxygen atoms in total. The Hall–Kier alpha value is -2.80. The monoisotopic (exact) mass is 346 g/mol. The van der Waals surface area contributed by atoms with Crippen molar-refractivity contribution in [2.45, 2.75) is 18.6 Å². The number of hydrogen-bond donors (Lipinski definition) is 2. The van der Waals surface area contributed by atoms with Gasteiger partial charge in [0.1, 0.15) is 17.2 Å². The summed E-state index contributed by atoms with van der Waals surface area (Å²) >= 11 is 0. The minimum atomic E-state index is -1.38. The van der Waals surface area contributed by atoms with Crippen molar-refractivity contribution in [1.29, 1.82) is 0 Å². The normalized spacial score (nSPS) is 21.4. The standard InChI is InChI=1S/C18H16F2N2O3/c1-18(11-6-8-12(19)9-7-11)16(24)22(17(25)21-18)10-15(23)13-4-2-3-5-14(13)20/h2-9,15,23H,10H2,1H3,(H,21,25). The van der Waals surface area contributed by atoms with Crippen molar-refractivity contribution in [2.24, 2.45) is 0 Å². The molecule has 2 atom stereocenters. The summed E-state index contributed by atoms with van der Waals surface area (Å²) in [5.74, 6) is -1.68. The van der Waals surface area contributed by atoms with E-state index in [0.29, 0.717) is 5.56 Å². The first-order valence-electron chi connectivity index (χ1n) is 7.65. The van der Waals surface area contributed by atoms with E-state index in [-0.39, 0.29) is 12.1 Å². The lowest BCUT2D eigenvalue weighted by atomic mass is 9.92. The van der Waals surface area contributed by atoms with E-state index < -0.39 is 35.2 Å². The number of amides is 3. The number of benzene rings is 2. The van der Waals surface area contributed by atoms with Crippen LogP contribution in [0.2, 0.25) is 0 Å². The fraction of sp³-hybridized carbons (Fsp3) is 0.222. The Morgan fingerprint density at radius 1 is 1.12 bits per heavy atom. The fourth-order valence-corrected chi connectivity index (χ4v) is 2.86. The van der Waals surface area contributed by atoms with Crippen molar-refractivity contribution >= 4 is 11.9 Å². The molecule has 0 bridgehead atoms. The van der Waals surface area contributed by atoms with E-state index in [4.69, 9.17) is 0 Å². The third-order valence-corrected chi connectivity index (χ3v) is 4.32. The summed E-state index contributed by atoms with van der Waals surface area (Å²) in [4.78, 5) is 25.8. The third kappa shape index (κ3) is 2.98. The maximum absolute atomic E-state index is 13.8. The third-order valence-electron chi connectivity index (χ3n) is 4.32. The highest BCUT2D eigenvalue weighted by Crippen LogP contribution is 2.30. The van der Waals surface area contributed by atoms with Crippen molar-refractivity contribution in [2.75, 3.05) is 6.54 Å². The molecule has 1 heterocycles. The summed E-state index contributed by atoms with van der Waals surface area (Å²) in [5, 5.41) is 12.8. The first-order valence-corrected chi connectivity index (χ1v) is 7.65. The van der Waals surface area contributed by atoms with Crippen LogP contribution in [0.4, 0.5) is 13.6 Å². The molecule has 0 spiro atoms. The molecule has 7 heteroatoms. The van der Waals surface area contributed by atoms with Crippen LogP contribution in [0.5, 0.6) is 0 Å². The number of nitrogens with zero attached hydrogens (tertiary/aromatic N) is 1. The molecule has 3 rings (SSSR count). The number of carbonyl (C=O) groups is 2. The van der Waals surface area contributed by atoms with E-state index in [1.54, 1.807) is 6.07 Å². The molecule has 0 aromatic heterocycles. The minimum Gasteiger partial charge on any atom is -0.386 e. The van der Waals surface area contributed by atoms with Gasteiger partial charge in [0.2, 0.25) is 0 Å². The van der Waals surface area contributed by atoms with E-state index in [1.165, 1.54) is 49.4 Å².